The first-order valence-corrected chi connectivity index (χ1v) is 9.50. The lowest BCUT2D eigenvalue weighted by Gasteiger charge is -2.10. The highest BCUT2D eigenvalue weighted by molar-refractivity contribution is 7.89. The van der Waals surface area contributed by atoms with Gasteiger partial charge in [0.1, 0.15) is 5.82 Å². The minimum absolute atomic E-state index is 0.0151. The number of halogens is 1. The molecule has 0 spiro atoms. The third-order valence-corrected chi connectivity index (χ3v) is 4.80. The van der Waals surface area contributed by atoms with E-state index in [1.54, 1.807) is 0 Å². The van der Waals surface area contributed by atoms with Crippen LogP contribution in [0.5, 0.6) is 5.75 Å². The molecule has 2 aromatic rings. The van der Waals surface area contributed by atoms with Crippen LogP contribution in [-0.4, -0.2) is 45.1 Å². The number of ether oxygens (including phenoxy) is 1. The number of nitrogens with zero attached hydrogens (tertiary/aromatic N) is 2. The number of hydrogen-bond donors (Lipinski definition) is 3. The van der Waals surface area contributed by atoms with Crippen LogP contribution in [0.3, 0.4) is 0 Å². The third-order valence-electron chi connectivity index (χ3n) is 3.35. The lowest BCUT2D eigenvalue weighted by Crippen LogP contribution is -2.29. The van der Waals surface area contributed by atoms with Crippen molar-refractivity contribution >= 4 is 21.8 Å². The molecule has 0 unspecified atom stereocenters. The van der Waals surface area contributed by atoms with Gasteiger partial charge >= 0.3 is 0 Å². The normalized spacial score (nSPS) is 11.2. The Bertz CT molecular complexity index is 861. The quantitative estimate of drug-likeness (QED) is 0.567. The maximum atomic E-state index is 13.7. The molecule has 0 atom stereocenters. The number of sulfonamides is 1. The Hall–Kier alpha value is -2.46. The fourth-order valence-corrected chi connectivity index (χ4v) is 3.22. The van der Waals surface area contributed by atoms with Gasteiger partial charge in [0, 0.05) is 31.4 Å². The van der Waals surface area contributed by atoms with Gasteiger partial charge in [-0.3, -0.25) is 0 Å². The Balaban J connectivity index is 1.94. The molecule has 0 amide bonds. The summed E-state index contributed by atoms with van der Waals surface area (Å²) in [4.78, 5) is 8.34. The third kappa shape index (κ3) is 5.27. The summed E-state index contributed by atoms with van der Waals surface area (Å²) in [7, 11) is -2.52. The molecule has 0 aliphatic rings. The van der Waals surface area contributed by atoms with Crippen molar-refractivity contribution in [2.24, 2.45) is 0 Å². The van der Waals surface area contributed by atoms with Gasteiger partial charge in [0.25, 0.3) is 0 Å². The van der Waals surface area contributed by atoms with E-state index >= 15 is 0 Å². The molecule has 1 heterocycles. The summed E-state index contributed by atoms with van der Waals surface area (Å²) >= 11 is 0. The average molecular weight is 383 g/mol. The molecule has 8 nitrogen and oxygen atoms in total. The van der Waals surface area contributed by atoms with E-state index in [2.05, 4.69) is 25.3 Å². The Morgan fingerprint density at radius 3 is 2.58 bits per heavy atom. The first kappa shape index (κ1) is 19.9. The molecule has 10 heteroatoms. The summed E-state index contributed by atoms with van der Waals surface area (Å²) in [5.41, 5.74) is 0.785. The highest BCUT2D eigenvalue weighted by atomic mass is 32.2. The molecule has 1 aromatic heterocycles. The summed E-state index contributed by atoms with van der Waals surface area (Å²) in [6.45, 7) is 4.89. The van der Waals surface area contributed by atoms with Crippen molar-refractivity contribution in [2.45, 2.75) is 18.7 Å². The molecule has 142 valence electrons. The van der Waals surface area contributed by atoms with Gasteiger partial charge in [0.2, 0.25) is 16.0 Å². The van der Waals surface area contributed by atoms with E-state index in [4.69, 9.17) is 4.74 Å². The largest absolute Gasteiger partial charge is 0.494 e. The maximum Gasteiger partial charge on any atom is 0.240 e. The van der Waals surface area contributed by atoms with Gasteiger partial charge in [-0.1, -0.05) is 0 Å². The fourth-order valence-electron chi connectivity index (χ4n) is 2.18. The zero-order valence-corrected chi connectivity index (χ0v) is 15.7. The second kappa shape index (κ2) is 8.77. The van der Waals surface area contributed by atoms with Crippen molar-refractivity contribution in [2.75, 3.05) is 37.4 Å². The standard InChI is InChI=1S/C16H22FN5O3S/c1-4-18-15-9-11(2)21-16(22-15)19-7-8-20-26(23,24)12-5-6-14(25-3)13(17)10-12/h5-6,9-10,20H,4,7-8H2,1-3H3,(H2,18,19,21,22). The minimum Gasteiger partial charge on any atom is -0.494 e. The molecule has 0 radical (unpaired) electrons. The van der Waals surface area contributed by atoms with Crippen molar-refractivity contribution in [3.05, 3.63) is 35.8 Å². The van der Waals surface area contributed by atoms with Crippen LogP contribution in [-0.2, 0) is 10.0 Å². The van der Waals surface area contributed by atoms with Crippen molar-refractivity contribution in [3.8, 4) is 5.75 Å². The Kier molecular flexibility index (Phi) is 6.70. The smallest absolute Gasteiger partial charge is 0.240 e. The van der Waals surface area contributed by atoms with Gasteiger partial charge in [-0.2, -0.15) is 4.98 Å². The number of methoxy groups -OCH3 is 1. The van der Waals surface area contributed by atoms with Gasteiger partial charge in [-0.05, 0) is 32.0 Å². The van der Waals surface area contributed by atoms with Gasteiger partial charge in [-0.25, -0.2) is 22.5 Å². The fraction of sp³-hybridized carbons (Fsp3) is 0.375. The van der Waals surface area contributed by atoms with E-state index in [1.165, 1.54) is 19.2 Å². The van der Waals surface area contributed by atoms with E-state index < -0.39 is 15.8 Å². The maximum absolute atomic E-state index is 13.7. The molecule has 3 N–H and O–H groups in total. The summed E-state index contributed by atoms with van der Waals surface area (Å²) in [6, 6.07) is 5.28. The van der Waals surface area contributed by atoms with Crippen molar-refractivity contribution in [1.29, 1.82) is 0 Å². The molecular weight excluding hydrogens is 361 g/mol. The second-order valence-electron chi connectivity index (χ2n) is 5.37. The molecule has 0 fully saturated rings. The van der Waals surface area contributed by atoms with Crippen LogP contribution in [0.2, 0.25) is 0 Å². The van der Waals surface area contributed by atoms with E-state index in [1.807, 2.05) is 19.9 Å². The highest BCUT2D eigenvalue weighted by Crippen LogP contribution is 2.20. The van der Waals surface area contributed by atoms with Crippen LogP contribution < -0.4 is 20.1 Å². The summed E-state index contributed by atoms with van der Waals surface area (Å²) in [5, 5.41) is 6.05. The first-order chi connectivity index (χ1) is 12.4. The second-order valence-corrected chi connectivity index (χ2v) is 7.14. The van der Waals surface area contributed by atoms with Crippen LogP contribution >= 0.6 is 0 Å². The number of aromatic nitrogens is 2. The van der Waals surface area contributed by atoms with Gasteiger partial charge in [0.15, 0.2) is 11.6 Å². The lowest BCUT2D eigenvalue weighted by molar-refractivity contribution is 0.385. The number of anilines is 2. The first-order valence-electron chi connectivity index (χ1n) is 8.02. The van der Waals surface area contributed by atoms with E-state index in [9.17, 15) is 12.8 Å². The van der Waals surface area contributed by atoms with Crippen molar-refractivity contribution in [1.82, 2.24) is 14.7 Å². The molecule has 0 saturated carbocycles. The SMILES string of the molecule is CCNc1cc(C)nc(NCCNS(=O)(=O)c2ccc(OC)c(F)c2)n1. The molecule has 26 heavy (non-hydrogen) atoms. The molecule has 1 aromatic carbocycles. The van der Waals surface area contributed by atoms with Crippen LogP contribution in [0.4, 0.5) is 16.2 Å². The predicted octanol–water partition coefficient (Wildman–Crippen LogP) is 1.75. The van der Waals surface area contributed by atoms with E-state index in [0.717, 1.165) is 18.3 Å². The molecule has 0 aliphatic carbocycles. The van der Waals surface area contributed by atoms with Crippen molar-refractivity contribution in [3.63, 3.8) is 0 Å². The van der Waals surface area contributed by atoms with Crippen molar-refractivity contribution < 1.29 is 17.5 Å². The number of nitrogens with one attached hydrogen (secondary N) is 3. The Morgan fingerprint density at radius 2 is 1.92 bits per heavy atom. The van der Waals surface area contributed by atoms with Gasteiger partial charge < -0.3 is 15.4 Å². The minimum atomic E-state index is -3.83. The monoisotopic (exact) mass is 383 g/mol. The Morgan fingerprint density at radius 1 is 1.15 bits per heavy atom. The van der Waals surface area contributed by atoms with Crippen LogP contribution in [0.15, 0.2) is 29.2 Å². The topological polar surface area (TPSA) is 105 Å². The number of rotatable bonds is 9. The van der Waals surface area contributed by atoms with E-state index in [-0.39, 0.29) is 23.7 Å². The number of hydrogen-bond acceptors (Lipinski definition) is 7. The number of benzene rings is 1. The predicted molar refractivity (Wildman–Crippen MR) is 97.6 cm³/mol. The Labute approximate surface area is 152 Å². The van der Waals surface area contributed by atoms with Gasteiger partial charge in [-0.15, -0.1) is 0 Å². The van der Waals surface area contributed by atoms with E-state index in [0.29, 0.717) is 11.8 Å². The summed E-state index contributed by atoms with van der Waals surface area (Å²) in [5.74, 6) is 0.337. The molecule has 2 rings (SSSR count). The summed E-state index contributed by atoms with van der Waals surface area (Å²) in [6.07, 6.45) is 0. The van der Waals surface area contributed by atoms with Crippen LogP contribution in [0, 0.1) is 12.7 Å². The molecule has 0 saturated heterocycles. The van der Waals surface area contributed by atoms with Crippen LogP contribution in [0.25, 0.3) is 0 Å². The molecule has 0 aliphatic heterocycles. The summed E-state index contributed by atoms with van der Waals surface area (Å²) < 4.78 is 45.3. The highest BCUT2D eigenvalue weighted by Gasteiger charge is 2.16. The zero-order valence-electron chi connectivity index (χ0n) is 14.8. The molecule has 0 bridgehead atoms. The van der Waals surface area contributed by atoms with Crippen LogP contribution in [0.1, 0.15) is 12.6 Å². The van der Waals surface area contributed by atoms with Gasteiger partial charge in [0.05, 0.1) is 12.0 Å². The number of aryl methyl sites for hydroxylation is 1. The average Bonchev–Trinajstić information content (AvgIpc) is 2.58. The zero-order chi connectivity index (χ0) is 19.2. The lowest BCUT2D eigenvalue weighted by atomic mass is 10.3. The molecular formula is C16H22FN5O3S.